The Morgan fingerprint density at radius 3 is 2.50 bits per heavy atom. The number of hydrogen-bond acceptors (Lipinski definition) is 2. The van der Waals surface area contributed by atoms with Gasteiger partial charge in [0.2, 0.25) is 0 Å². The third kappa shape index (κ3) is 3.25. The van der Waals surface area contributed by atoms with Crippen molar-refractivity contribution in [2.75, 3.05) is 0 Å². The average molecular weight is 284 g/mol. The van der Waals surface area contributed by atoms with Gasteiger partial charge in [0.05, 0.1) is 0 Å². The molecule has 0 radical (unpaired) electrons. The summed E-state index contributed by atoms with van der Waals surface area (Å²) in [6.07, 6.45) is 5.35. The second-order valence-electron chi connectivity index (χ2n) is 4.30. The molecule has 0 aliphatic rings. The van der Waals surface area contributed by atoms with Crippen molar-refractivity contribution < 1.29 is 0 Å². The van der Waals surface area contributed by atoms with E-state index >= 15 is 0 Å². The lowest BCUT2D eigenvalue weighted by Crippen LogP contribution is -2.12. The topological polar surface area (TPSA) is 43.8 Å². The van der Waals surface area contributed by atoms with Crippen molar-refractivity contribution in [2.45, 2.75) is 18.9 Å². The molecule has 0 amide bonds. The van der Waals surface area contributed by atoms with E-state index in [1.165, 1.54) is 0 Å². The highest BCUT2D eigenvalue weighted by atomic mass is 35.5. The van der Waals surface area contributed by atoms with Crippen LogP contribution >= 0.6 is 23.2 Å². The maximum Gasteiger partial charge on any atom is 0.108 e. The summed E-state index contributed by atoms with van der Waals surface area (Å²) in [6.45, 7) is 0. The molecule has 1 aromatic carbocycles. The fourth-order valence-corrected chi connectivity index (χ4v) is 2.42. The molecule has 0 bridgehead atoms. The predicted octanol–water partition coefficient (Wildman–Crippen LogP) is 3.36. The molecular formula is C13H15Cl2N3. The normalized spacial score (nSPS) is 12.7. The highest BCUT2D eigenvalue weighted by Crippen LogP contribution is 2.24. The van der Waals surface area contributed by atoms with E-state index in [0.717, 1.165) is 24.2 Å². The van der Waals surface area contributed by atoms with Gasteiger partial charge in [-0.15, -0.1) is 0 Å². The van der Waals surface area contributed by atoms with Crippen LogP contribution in [0.25, 0.3) is 0 Å². The zero-order valence-electron chi connectivity index (χ0n) is 10.1. The van der Waals surface area contributed by atoms with Crippen LogP contribution in [0.1, 0.15) is 23.9 Å². The minimum atomic E-state index is -0.0853. The molecule has 2 N–H and O–H groups in total. The summed E-state index contributed by atoms with van der Waals surface area (Å²) in [6, 6.07) is 5.34. The lowest BCUT2D eigenvalue weighted by atomic mass is 10.0. The molecule has 0 aliphatic carbocycles. The van der Waals surface area contributed by atoms with E-state index < -0.39 is 0 Å². The second-order valence-corrected chi connectivity index (χ2v) is 5.18. The summed E-state index contributed by atoms with van der Waals surface area (Å²) < 4.78 is 2.00. The lowest BCUT2D eigenvalue weighted by Gasteiger charge is -2.12. The van der Waals surface area contributed by atoms with E-state index in [9.17, 15) is 0 Å². The SMILES string of the molecule is Cn1ccnc1CCC(N)c1cc(Cl)cc(Cl)c1. The van der Waals surface area contributed by atoms with Crippen molar-refractivity contribution in [1.29, 1.82) is 0 Å². The van der Waals surface area contributed by atoms with Gasteiger partial charge in [-0.05, 0) is 30.2 Å². The standard InChI is InChI=1S/C13H15Cl2N3/c1-18-5-4-17-13(18)3-2-12(16)9-6-10(14)8-11(15)7-9/h4-8,12H,2-3,16H2,1H3. The zero-order chi connectivity index (χ0) is 13.1. The van der Waals surface area contributed by atoms with Crippen LogP contribution in [0.5, 0.6) is 0 Å². The van der Waals surface area contributed by atoms with Crippen LogP contribution in [-0.2, 0) is 13.5 Å². The molecule has 96 valence electrons. The van der Waals surface area contributed by atoms with E-state index in [1.54, 1.807) is 12.3 Å². The van der Waals surface area contributed by atoms with Crippen LogP contribution in [-0.4, -0.2) is 9.55 Å². The fourth-order valence-electron chi connectivity index (χ4n) is 1.88. The van der Waals surface area contributed by atoms with Crippen LogP contribution in [0.2, 0.25) is 10.0 Å². The first-order valence-electron chi connectivity index (χ1n) is 5.74. The van der Waals surface area contributed by atoms with Crippen LogP contribution in [0, 0.1) is 0 Å². The van der Waals surface area contributed by atoms with Crippen molar-refractivity contribution in [3.63, 3.8) is 0 Å². The Bertz CT molecular complexity index is 517. The number of nitrogens with zero attached hydrogens (tertiary/aromatic N) is 2. The van der Waals surface area contributed by atoms with Crippen molar-refractivity contribution >= 4 is 23.2 Å². The summed E-state index contributed by atoms with van der Waals surface area (Å²) in [5, 5.41) is 1.23. The quantitative estimate of drug-likeness (QED) is 0.935. The van der Waals surface area contributed by atoms with Gasteiger partial charge in [0.1, 0.15) is 5.82 Å². The van der Waals surface area contributed by atoms with Crippen molar-refractivity contribution in [3.8, 4) is 0 Å². The Morgan fingerprint density at radius 1 is 1.28 bits per heavy atom. The molecule has 1 aromatic heterocycles. The summed E-state index contributed by atoms with van der Waals surface area (Å²) in [5.41, 5.74) is 7.11. The average Bonchev–Trinajstić information content (AvgIpc) is 2.70. The first kappa shape index (κ1) is 13.4. The van der Waals surface area contributed by atoms with Gasteiger partial charge in [-0.25, -0.2) is 4.98 Å². The second kappa shape index (κ2) is 5.74. The molecule has 0 saturated carbocycles. The third-order valence-electron chi connectivity index (χ3n) is 2.91. The number of aromatic nitrogens is 2. The number of hydrogen-bond donors (Lipinski definition) is 1. The lowest BCUT2D eigenvalue weighted by molar-refractivity contribution is 0.621. The molecule has 0 spiro atoms. The Labute approximate surface area is 117 Å². The maximum atomic E-state index is 6.15. The number of rotatable bonds is 4. The van der Waals surface area contributed by atoms with Crippen LogP contribution in [0.15, 0.2) is 30.6 Å². The Kier molecular flexibility index (Phi) is 4.27. The zero-order valence-corrected chi connectivity index (χ0v) is 11.6. The molecule has 0 fully saturated rings. The number of nitrogens with two attached hydrogens (primary N) is 1. The molecule has 1 heterocycles. The molecular weight excluding hydrogens is 269 g/mol. The molecule has 5 heteroatoms. The number of aryl methyl sites for hydroxylation is 2. The van der Waals surface area contributed by atoms with E-state index in [2.05, 4.69) is 4.98 Å². The Morgan fingerprint density at radius 2 is 1.94 bits per heavy atom. The maximum absolute atomic E-state index is 6.15. The van der Waals surface area contributed by atoms with E-state index in [4.69, 9.17) is 28.9 Å². The van der Waals surface area contributed by atoms with E-state index in [0.29, 0.717) is 10.0 Å². The monoisotopic (exact) mass is 283 g/mol. The van der Waals surface area contributed by atoms with Crippen molar-refractivity contribution in [1.82, 2.24) is 9.55 Å². The molecule has 0 aliphatic heterocycles. The van der Waals surface area contributed by atoms with Gasteiger partial charge in [-0.1, -0.05) is 23.2 Å². The third-order valence-corrected chi connectivity index (χ3v) is 3.35. The molecule has 0 saturated heterocycles. The molecule has 1 unspecified atom stereocenters. The summed E-state index contributed by atoms with van der Waals surface area (Å²) >= 11 is 11.9. The fraction of sp³-hybridized carbons (Fsp3) is 0.308. The van der Waals surface area contributed by atoms with Crippen molar-refractivity contribution in [2.24, 2.45) is 12.8 Å². The summed E-state index contributed by atoms with van der Waals surface area (Å²) in [4.78, 5) is 4.27. The van der Waals surface area contributed by atoms with Crippen molar-refractivity contribution in [3.05, 3.63) is 52.0 Å². The summed E-state index contributed by atoms with van der Waals surface area (Å²) in [5.74, 6) is 1.03. The van der Waals surface area contributed by atoms with Gasteiger partial charge >= 0.3 is 0 Å². The molecule has 3 nitrogen and oxygen atoms in total. The van der Waals surface area contributed by atoms with Gasteiger partial charge in [-0.3, -0.25) is 0 Å². The molecule has 2 rings (SSSR count). The van der Waals surface area contributed by atoms with E-state index in [1.807, 2.05) is 29.9 Å². The van der Waals surface area contributed by atoms with Gasteiger partial charge in [-0.2, -0.15) is 0 Å². The molecule has 2 aromatic rings. The summed E-state index contributed by atoms with van der Waals surface area (Å²) in [7, 11) is 1.98. The van der Waals surface area contributed by atoms with Gasteiger partial charge in [0.15, 0.2) is 0 Å². The predicted molar refractivity (Wildman–Crippen MR) is 74.9 cm³/mol. The number of halogens is 2. The van der Waals surface area contributed by atoms with Gasteiger partial charge in [0.25, 0.3) is 0 Å². The number of imidazole rings is 1. The number of benzene rings is 1. The molecule has 1 atom stereocenters. The highest BCUT2D eigenvalue weighted by molar-refractivity contribution is 6.34. The molecule has 18 heavy (non-hydrogen) atoms. The Balaban J connectivity index is 2.03. The largest absolute Gasteiger partial charge is 0.338 e. The first-order valence-corrected chi connectivity index (χ1v) is 6.49. The van der Waals surface area contributed by atoms with Crippen LogP contribution < -0.4 is 5.73 Å². The first-order chi connectivity index (χ1) is 8.56. The van der Waals surface area contributed by atoms with E-state index in [-0.39, 0.29) is 6.04 Å². The van der Waals surface area contributed by atoms with Crippen LogP contribution in [0.4, 0.5) is 0 Å². The Hall–Kier alpha value is -1.03. The minimum Gasteiger partial charge on any atom is -0.338 e. The van der Waals surface area contributed by atoms with Gasteiger partial charge in [0, 0.05) is 41.9 Å². The van der Waals surface area contributed by atoms with Crippen LogP contribution in [0.3, 0.4) is 0 Å². The highest BCUT2D eigenvalue weighted by Gasteiger charge is 2.09. The smallest absolute Gasteiger partial charge is 0.108 e. The minimum absolute atomic E-state index is 0.0853. The van der Waals surface area contributed by atoms with Gasteiger partial charge < -0.3 is 10.3 Å².